The van der Waals surface area contributed by atoms with Crippen molar-refractivity contribution in [1.82, 2.24) is 0 Å². The van der Waals surface area contributed by atoms with Crippen LogP contribution in [0.3, 0.4) is 0 Å². The zero-order chi connectivity index (χ0) is 49.1. The molecule has 6 rings (SSSR count). The molecule has 0 radical (unpaired) electrons. The Labute approximate surface area is 361 Å². The number of carbonyl (C=O) groups excluding carboxylic acids is 5. The first-order valence-corrected chi connectivity index (χ1v) is 18.8. The summed E-state index contributed by atoms with van der Waals surface area (Å²) in [5.41, 5.74) is 0. The first-order chi connectivity index (χ1) is 29.7. The largest absolute Gasteiger partial charge is 0.507 e. The lowest BCUT2D eigenvalue weighted by Crippen LogP contribution is -2.63. The molecule has 0 amide bonds. The second kappa shape index (κ2) is 26.8. The number of hydrogen-bond donors (Lipinski definition) is 17. The number of carbonyl (C=O) groups is 5. The molecule has 368 valence electrons. The molecule has 6 atom stereocenters. The number of aliphatic hydroxyl groups excluding tert-OH is 9. The van der Waals surface area contributed by atoms with Crippen LogP contribution in [0.4, 0.5) is 0 Å². The van der Waals surface area contributed by atoms with Crippen LogP contribution in [0.25, 0.3) is 0 Å². The van der Waals surface area contributed by atoms with Gasteiger partial charge in [0, 0.05) is 19.3 Å². The molecule has 0 aromatic heterocycles. The number of Topliss-reactive ketones (excluding diaryl/α,β-unsaturated/α-hetero) is 5. The molecule has 6 aliphatic heterocycles. The summed E-state index contributed by atoms with van der Waals surface area (Å²) < 4.78 is 28.5. The molecular formula is C36H56O28. The summed E-state index contributed by atoms with van der Waals surface area (Å²) in [6.07, 6.45) is -0.771. The summed E-state index contributed by atoms with van der Waals surface area (Å²) in [6.45, 7) is -3.41. The van der Waals surface area contributed by atoms with Crippen molar-refractivity contribution in [2.45, 2.75) is 85.5 Å². The average Bonchev–Trinajstić information content (AvgIpc) is 3.25. The van der Waals surface area contributed by atoms with Gasteiger partial charge >= 0.3 is 0 Å². The Hall–Kier alpha value is -3.99. The third-order valence-corrected chi connectivity index (χ3v) is 8.78. The normalized spacial score (nSPS) is 28.9. The van der Waals surface area contributed by atoms with Gasteiger partial charge in [0.2, 0.25) is 46.3 Å². The van der Waals surface area contributed by atoms with Crippen molar-refractivity contribution in [3.8, 4) is 0 Å². The summed E-state index contributed by atoms with van der Waals surface area (Å²) in [7, 11) is 0. The standard InChI is InChI=1S/C6H12O6.2C6H10O5.3C6H8O4/c7-2-4-1-5(8,9)6(10,11)3-12-4;2*7-2-4-1-5(8)6(9,10)3-11-4;3*7-2-4-1-5(8)6(9)3-10-4/h4,7-11H,1-3H2;4,7,9-10H,1-3H2;1,4,7-10H,2-3H2;4,7H,1-3H2;3-4,7,9H,1-2H2;1,4,7-8H,2-3H2. The van der Waals surface area contributed by atoms with E-state index < -0.39 is 115 Å². The minimum absolute atomic E-state index is 0.0231. The highest BCUT2D eigenvalue weighted by Gasteiger charge is 2.52. The summed E-state index contributed by atoms with van der Waals surface area (Å²) >= 11 is 0. The number of hydrogen-bond acceptors (Lipinski definition) is 28. The van der Waals surface area contributed by atoms with Gasteiger partial charge in [-0.1, -0.05) is 0 Å². The predicted octanol–water partition coefficient (Wildman–Crippen LogP) is -8.32. The maximum atomic E-state index is 10.8. The van der Waals surface area contributed by atoms with Crippen LogP contribution in [-0.4, -0.2) is 248 Å². The third-order valence-electron chi connectivity index (χ3n) is 8.78. The summed E-state index contributed by atoms with van der Waals surface area (Å²) in [5.74, 6) is -13.7. The van der Waals surface area contributed by atoms with Crippen LogP contribution >= 0.6 is 0 Å². The Bertz CT molecular complexity index is 1620. The number of ketones is 5. The van der Waals surface area contributed by atoms with Gasteiger partial charge in [-0.15, -0.1) is 0 Å². The van der Waals surface area contributed by atoms with E-state index in [0.29, 0.717) is 0 Å². The molecule has 0 aromatic rings. The highest BCUT2D eigenvalue weighted by atomic mass is 16.6. The number of ether oxygens (including phenoxy) is 6. The van der Waals surface area contributed by atoms with E-state index in [4.69, 9.17) is 115 Å². The molecule has 0 aromatic carbocycles. The maximum absolute atomic E-state index is 10.8. The van der Waals surface area contributed by atoms with Gasteiger partial charge in [-0.3, -0.25) is 24.0 Å². The SMILES string of the molecule is O=C1CC(CO)OC=C1O.O=C1CC(CO)OCC1(O)O.O=C1COC(CO)C=C1O.O=C1COC(CO)CC1=O.OCC1C=C(O)C(O)(O)CO1.OCC1CC(O)(O)C(O)(O)CO1. The van der Waals surface area contributed by atoms with Gasteiger partial charge in [-0.25, -0.2) is 0 Å². The second-order valence-electron chi connectivity index (χ2n) is 14.2. The lowest BCUT2D eigenvalue weighted by Gasteiger charge is -2.41. The molecule has 28 nitrogen and oxygen atoms in total. The van der Waals surface area contributed by atoms with E-state index in [9.17, 15) is 24.0 Å². The maximum Gasteiger partial charge on any atom is 0.248 e. The van der Waals surface area contributed by atoms with E-state index in [1.165, 1.54) is 6.08 Å². The number of allylic oxidation sites excluding steroid dienone is 1. The minimum atomic E-state index is -2.67. The highest BCUT2D eigenvalue weighted by molar-refractivity contribution is 6.38. The van der Waals surface area contributed by atoms with Crippen molar-refractivity contribution in [3.63, 3.8) is 0 Å². The summed E-state index contributed by atoms with van der Waals surface area (Å²) in [6, 6.07) is 0. The van der Waals surface area contributed by atoms with Crippen LogP contribution in [0.15, 0.2) is 35.7 Å². The number of aliphatic hydroxyl groups is 17. The third kappa shape index (κ3) is 19.2. The quantitative estimate of drug-likeness (QED) is 0.0868. The van der Waals surface area contributed by atoms with Crippen LogP contribution in [-0.2, 0) is 52.4 Å². The van der Waals surface area contributed by atoms with Crippen LogP contribution in [0.2, 0.25) is 0 Å². The van der Waals surface area contributed by atoms with Gasteiger partial charge < -0.3 is 115 Å². The van der Waals surface area contributed by atoms with E-state index in [1.54, 1.807) is 0 Å². The zero-order valence-corrected chi connectivity index (χ0v) is 33.9. The van der Waals surface area contributed by atoms with Gasteiger partial charge in [0.15, 0.2) is 23.1 Å². The summed E-state index contributed by atoms with van der Waals surface area (Å²) in [5, 5.41) is 149. The number of rotatable bonds is 6. The molecule has 0 spiro atoms. The lowest BCUT2D eigenvalue weighted by atomic mass is 9.97. The molecule has 6 unspecified atom stereocenters. The van der Waals surface area contributed by atoms with Gasteiger partial charge in [0.05, 0.1) is 64.4 Å². The van der Waals surface area contributed by atoms with Crippen molar-refractivity contribution in [3.05, 3.63) is 35.7 Å². The fourth-order valence-corrected chi connectivity index (χ4v) is 4.77. The smallest absolute Gasteiger partial charge is 0.248 e. The Balaban J connectivity index is 0.000000384. The van der Waals surface area contributed by atoms with Crippen LogP contribution in [0.5, 0.6) is 0 Å². The van der Waals surface area contributed by atoms with E-state index in [1.807, 2.05) is 0 Å². The van der Waals surface area contributed by atoms with Gasteiger partial charge in [0.1, 0.15) is 57.6 Å². The Morgan fingerprint density at radius 1 is 0.469 bits per heavy atom. The predicted molar refractivity (Wildman–Crippen MR) is 200 cm³/mol. The molecule has 0 bridgehead atoms. The molecule has 17 N–H and O–H groups in total. The minimum Gasteiger partial charge on any atom is -0.507 e. The van der Waals surface area contributed by atoms with E-state index in [2.05, 4.69) is 0 Å². The van der Waals surface area contributed by atoms with Gasteiger partial charge in [-0.2, -0.15) is 0 Å². The Morgan fingerprint density at radius 2 is 0.969 bits per heavy atom. The average molecular weight is 937 g/mol. The topological polar surface area (TPSA) is 485 Å². The van der Waals surface area contributed by atoms with Gasteiger partial charge in [0.25, 0.3) is 0 Å². The van der Waals surface area contributed by atoms with Crippen LogP contribution in [0.1, 0.15) is 25.7 Å². The van der Waals surface area contributed by atoms with Crippen molar-refractivity contribution in [1.29, 1.82) is 0 Å². The fraction of sp³-hybridized carbons (Fsp3) is 0.694. The van der Waals surface area contributed by atoms with Crippen LogP contribution < -0.4 is 0 Å². The Kier molecular flexibility index (Phi) is 24.3. The monoisotopic (exact) mass is 936 g/mol. The molecule has 0 aliphatic carbocycles. The van der Waals surface area contributed by atoms with Crippen molar-refractivity contribution in [2.24, 2.45) is 0 Å². The molecule has 3 fully saturated rings. The summed E-state index contributed by atoms with van der Waals surface area (Å²) in [4.78, 5) is 53.1. The van der Waals surface area contributed by atoms with Crippen molar-refractivity contribution in [2.75, 3.05) is 72.7 Å². The van der Waals surface area contributed by atoms with E-state index in [-0.39, 0.29) is 89.4 Å². The van der Waals surface area contributed by atoms with Gasteiger partial charge in [-0.05, 0) is 12.2 Å². The van der Waals surface area contributed by atoms with E-state index >= 15 is 0 Å². The molecule has 28 heteroatoms. The van der Waals surface area contributed by atoms with Crippen molar-refractivity contribution < 1.29 is 139 Å². The molecular weight excluding hydrogens is 880 g/mol. The highest BCUT2D eigenvalue weighted by Crippen LogP contribution is 2.29. The first-order valence-electron chi connectivity index (χ1n) is 18.8. The zero-order valence-electron chi connectivity index (χ0n) is 33.9. The second-order valence-corrected chi connectivity index (χ2v) is 14.2. The molecule has 6 aliphatic rings. The first kappa shape index (κ1) is 58.0. The lowest BCUT2D eigenvalue weighted by molar-refractivity contribution is -0.400. The van der Waals surface area contributed by atoms with Crippen molar-refractivity contribution >= 4 is 28.9 Å². The molecule has 3 saturated heterocycles. The molecule has 0 saturated carbocycles. The van der Waals surface area contributed by atoms with Crippen LogP contribution in [0, 0.1) is 0 Å². The molecule has 6 heterocycles. The molecule has 64 heavy (non-hydrogen) atoms. The fourth-order valence-electron chi connectivity index (χ4n) is 4.77. The Morgan fingerprint density at radius 3 is 1.44 bits per heavy atom. The van der Waals surface area contributed by atoms with E-state index in [0.717, 1.165) is 12.3 Å².